The summed E-state index contributed by atoms with van der Waals surface area (Å²) in [6.45, 7) is 6.71. The summed E-state index contributed by atoms with van der Waals surface area (Å²) in [7, 11) is 0. The van der Waals surface area contributed by atoms with Gasteiger partial charge < -0.3 is 14.2 Å². The smallest absolute Gasteiger partial charge is 0.306 e. The van der Waals surface area contributed by atoms with Crippen molar-refractivity contribution in [2.75, 3.05) is 13.2 Å². The van der Waals surface area contributed by atoms with Crippen LogP contribution in [0.5, 0.6) is 0 Å². The molecule has 1 atom stereocenters. The van der Waals surface area contributed by atoms with Gasteiger partial charge in [-0.25, -0.2) is 0 Å². The van der Waals surface area contributed by atoms with Gasteiger partial charge >= 0.3 is 17.9 Å². The van der Waals surface area contributed by atoms with Gasteiger partial charge in [-0.3, -0.25) is 14.4 Å². The van der Waals surface area contributed by atoms with Crippen molar-refractivity contribution in [3.8, 4) is 0 Å². The zero-order valence-electron chi connectivity index (χ0n) is 50.8. The van der Waals surface area contributed by atoms with Gasteiger partial charge in [0.1, 0.15) is 13.2 Å². The molecule has 0 spiro atoms. The number of allylic oxidation sites excluding steroid dienone is 4. The zero-order valence-corrected chi connectivity index (χ0v) is 50.8. The Balaban J connectivity index is 4.20. The lowest BCUT2D eigenvalue weighted by Gasteiger charge is -2.18. The zero-order chi connectivity index (χ0) is 54.3. The van der Waals surface area contributed by atoms with Crippen LogP contribution in [0.2, 0.25) is 0 Å². The molecular weight excluding hydrogens is 925 g/mol. The first-order valence-electron chi connectivity index (χ1n) is 33.8. The molecule has 442 valence electrons. The molecule has 0 aromatic carbocycles. The highest BCUT2D eigenvalue weighted by Gasteiger charge is 2.19. The van der Waals surface area contributed by atoms with E-state index in [0.29, 0.717) is 19.3 Å². The third-order valence-electron chi connectivity index (χ3n) is 15.5. The van der Waals surface area contributed by atoms with Crippen molar-refractivity contribution in [1.29, 1.82) is 0 Å². The van der Waals surface area contributed by atoms with Crippen LogP contribution in [0.1, 0.15) is 380 Å². The van der Waals surface area contributed by atoms with Crippen molar-refractivity contribution in [2.24, 2.45) is 0 Å². The van der Waals surface area contributed by atoms with Crippen LogP contribution in [-0.2, 0) is 28.6 Å². The van der Waals surface area contributed by atoms with Gasteiger partial charge in [0.05, 0.1) is 0 Å². The predicted molar refractivity (Wildman–Crippen MR) is 326 cm³/mol. The third kappa shape index (κ3) is 62.6. The van der Waals surface area contributed by atoms with Gasteiger partial charge in [0.25, 0.3) is 0 Å². The van der Waals surface area contributed by atoms with Crippen LogP contribution in [0.15, 0.2) is 24.3 Å². The molecule has 75 heavy (non-hydrogen) atoms. The highest BCUT2D eigenvalue weighted by molar-refractivity contribution is 5.71. The van der Waals surface area contributed by atoms with E-state index in [2.05, 4.69) is 45.1 Å². The predicted octanol–water partition coefficient (Wildman–Crippen LogP) is 23.0. The molecule has 0 aliphatic carbocycles. The summed E-state index contributed by atoms with van der Waals surface area (Å²) in [6, 6.07) is 0. The first kappa shape index (κ1) is 72.9. The number of unbranched alkanes of at least 4 members (excludes halogenated alkanes) is 48. The maximum absolute atomic E-state index is 12.9. The largest absolute Gasteiger partial charge is 0.462 e. The van der Waals surface area contributed by atoms with E-state index >= 15 is 0 Å². The Morgan fingerprint density at radius 3 is 0.733 bits per heavy atom. The van der Waals surface area contributed by atoms with Gasteiger partial charge in [-0.2, -0.15) is 0 Å². The summed E-state index contributed by atoms with van der Waals surface area (Å²) >= 11 is 0. The van der Waals surface area contributed by atoms with E-state index in [0.717, 1.165) is 64.2 Å². The monoisotopic (exact) mass is 1050 g/mol. The Morgan fingerprint density at radius 1 is 0.267 bits per heavy atom. The maximum Gasteiger partial charge on any atom is 0.306 e. The van der Waals surface area contributed by atoms with Gasteiger partial charge in [0.2, 0.25) is 0 Å². The molecular formula is C69H130O6. The van der Waals surface area contributed by atoms with Gasteiger partial charge in [0, 0.05) is 19.3 Å². The van der Waals surface area contributed by atoms with E-state index < -0.39 is 6.10 Å². The van der Waals surface area contributed by atoms with Crippen LogP contribution in [0.4, 0.5) is 0 Å². The number of hydrogen-bond acceptors (Lipinski definition) is 6. The van der Waals surface area contributed by atoms with Crippen LogP contribution in [0, 0.1) is 0 Å². The molecule has 0 bridgehead atoms. The average Bonchev–Trinajstić information content (AvgIpc) is 3.41. The molecule has 0 saturated heterocycles. The topological polar surface area (TPSA) is 78.9 Å². The van der Waals surface area contributed by atoms with Gasteiger partial charge in [0.15, 0.2) is 6.10 Å². The van der Waals surface area contributed by atoms with Crippen molar-refractivity contribution in [3.05, 3.63) is 24.3 Å². The Kier molecular flexibility index (Phi) is 62.6. The molecule has 0 aromatic heterocycles. The second kappa shape index (κ2) is 64.4. The van der Waals surface area contributed by atoms with E-state index in [1.54, 1.807) is 0 Å². The van der Waals surface area contributed by atoms with Crippen molar-refractivity contribution >= 4 is 17.9 Å². The summed E-state index contributed by atoms with van der Waals surface area (Å²) in [5.41, 5.74) is 0. The molecule has 1 unspecified atom stereocenters. The highest BCUT2D eigenvalue weighted by Crippen LogP contribution is 2.18. The number of carbonyl (C=O) groups excluding carboxylic acids is 3. The lowest BCUT2D eigenvalue weighted by molar-refractivity contribution is -0.167. The Labute approximate surface area is 468 Å². The fraction of sp³-hybridized carbons (Fsp3) is 0.899. The lowest BCUT2D eigenvalue weighted by Crippen LogP contribution is -2.30. The van der Waals surface area contributed by atoms with Gasteiger partial charge in [-0.15, -0.1) is 0 Å². The van der Waals surface area contributed by atoms with Crippen molar-refractivity contribution < 1.29 is 28.6 Å². The lowest BCUT2D eigenvalue weighted by atomic mass is 10.0. The summed E-state index contributed by atoms with van der Waals surface area (Å²) in [4.78, 5) is 38.3. The van der Waals surface area contributed by atoms with Crippen molar-refractivity contribution in [2.45, 2.75) is 386 Å². The second-order valence-electron chi connectivity index (χ2n) is 23.1. The minimum atomic E-state index is -0.766. The van der Waals surface area contributed by atoms with E-state index in [9.17, 15) is 14.4 Å². The first-order chi connectivity index (χ1) is 37.0. The Bertz CT molecular complexity index is 1210. The molecule has 0 N–H and O–H groups in total. The van der Waals surface area contributed by atoms with Crippen molar-refractivity contribution in [3.63, 3.8) is 0 Å². The SMILES string of the molecule is CCCCCCC/C=C\C/C=C\CCCCCCCCCCCCCCCCCC(=O)OCC(COC(=O)CCCCCCCCCCCCCCCC)OC(=O)CCCCCCCCCCCCCCCCCC. The molecule has 0 amide bonds. The van der Waals surface area contributed by atoms with Crippen molar-refractivity contribution in [1.82, 2.24) is 0 Å². The number of carbonyl (C=O) groups is 3. The average molecular weight is 1060 g/mol. The summed E-state index contributed by atoms with van der Waals surface area (Å²) in [6.07, 6.45) is 77.7. The second-order valence-corrected chi connectivity index (χ2v) is 23.1. The van der Waals surface area contributed by atoms with E-state index in [1.807, 2.05) is 0 Å². The molecule has 6 heteroatoms. The van der Waals surface area contributed by atoms with E-state index in [-0.39, 0.29) is 31.1 Å². The third-order valence-corrected chi connectivity index (χ3v) is 15.5. The highest BCUT2D eigenvalue weighted by atomic mass is 16.6. The van der Waals surface area contributed by atoms with Crippen LogP contribution >= 0.6 is 0 Å². The maximum atomic E-state index is 12.9. The number of esters is 3. The summed E-state index contributed by atoms with van der Waals surface area (Å²) in [5.74, 6) is -0.833. The van der Waals surface area contributed by atoms with Gasteiger partial charge in [-0.05, 0) is 51.4 Å². The van der Waals surface area contributed by atoms with Crippen LogP contribution in [0.25, 0.3) is 0 Å². The molecule has 0 saturated carbocycles. The van der Waals surface area contributed by atoms with Crippen LogP contribution < -0.4 is 0 Å². The molecule has 0 aliphatic heterocycles. The van der Waals surface area contributed by atoms with Crippen LogP contribution in [0.3, 0.4) is 0 Å². The van der Waals surface area contributed by atoms with Gasteiger partial charge in [-0.1, -0.05) is 334 Å². The molecule has 0 rings (SSSR count). The molecule has 0 aliphatic rings. The van der Waals surface area contributed by atoms with Crippen LogP contribution in [-0.4, -0.2) is 37.2 Å². The van der Waals surface area contributed by atoms with E-state index in [4.69, 9.17) is 14.2 Å². The normalized spacial score (nSPS) is 12.1. The number of hydrogen-bond donors (Lipinski definition) is 0. The number of rotatable bonds is 63. The quantitative estimate of drug-likeness (QED) is 0.0261. The number of ether oxygens (including phenoxy) is 3. The molecule has 0 heterocycles. The van der Waals surface area contributed by atoms with E-state index in [1.165, 1.54) is 276 Å². The minimum absolute atomic E-state index is 0.0638. The molecule has 6 nitrogen and oxygen atoms in total. The standard InChI is InChI=1S/C69H130O6/c1-4-7-10-13-16-19-22-25-28-30-31-32-33-34-35-36-37-38-39-40-42-44-47-50-53-56-59-62-68(71)74-65-66(64-73-67(70)61-58-55-52-49-46-43-27-24-21-18-15-12-9-6-3)75-69(72)63-60-57-54-51-48-45-41-29-26-23-20-17-14-11-8-5-2/h22,25,30-31,66H,4-21,23-24,26-29,32-65H2,1-3H3/b25-22-,31-30-. The minimum Gasteiger partial charge on any atom is -0.462 e. The molecule has 0 aromatic rings. The summed E-state index contributed by atoms with van der Waals surface area (Å²) < 4.78 is 17.0. The Hall–Kier alpha value is -2.11. The first-order valence-corrected chi connectivity index (χ1v) is 33.8. The fourth-order valence-electron chi connectivity index (χ4n) is 10.4. The molecule has 0 fully saturated rings. The molecule has 0 radical (unpaired) electrons. The fourth-order valence-corrected chi connectivity index (χ4v) is 10.4. The summed E-state index contributed by atoms with van der Waals surface area (Å²) in [5, 5.41) is 0. The Morgan fingerprint density at radius 2 is 0.480 bits per heavy atom.